The van der Waals surface area contributed by atoms with E-state index in [9.17, 15) is 0 Å². The van der Waals surface area contributed by atoms with Gasteiger partial charge in [-0.3, -0.25) is 11.3 Å². The number of benzene rings is 2. The van der Waals surface area contributed by atoms with Crippen LogP contribution in [0.4, 0.5) is 0 Å². The summed E-state index contributed by atoms with van der Waals surface area (Å²) in [7, 11) is 0. The fourth-order valence-corrected chi connectivity index (χ4v) is 3.65. The Morgan fingerprint density at radius 2 is 1.90 bits per heavy atom. The van der Waals surface area contributed by atoms with Crippen molar-refractivity contribution in [3.8, 4) is 0 Å². The molecule has 0 saturated heterocycles. The summed E-state index contributed by atoms with van der Waals surface area (Å²) in [5.41, 5.74) is 8.72. The van der Waals surface area contributed by atoms with E-state index in [2.05, 4.69) is 60.9 Å². The lowest BCUT2D eigenvalue weighted by molar-refractivity contribution is 0.424. The molecule has 2 aromatic rings. The summed E-state index contributed by atoms with van der Waals surface area (Å²) >= 11 is 0. The van der Waals surface area contributed by atoms with E-state index in [4.69, 9.17) is 5.84 Å². The van der Waals surface area contributed by atoms with Gasteiger partial charge in [-0.05, 0) is 60.8 Å². The number of fused-ring (bicyclic) bond motifs is 1. The van der Waals surface area contributed by atoms with Gasteiger partial charge >= 0.3 is 0 Å². The summed E-state index contributed by atoms with van der Waals surface area (Å²) in [5, 5.41) is 0. The highest BCUT2D eigenvalue weighted by Gasteiger charge is 2.24. The number of nitrogens with one attached hydrogen (secondary N) is 1. The average molecular weight is 280 g/mol. The van der Waals surface area contributed by atoms with Crippen molar-refractivity contribution < 1.29 is 0 Å². The molecule has 0 fully saturated rings. The Balaban J connectivity index is 1.84. The van der Waals surface area contributed by atoms with E-state index in [1.165, 1.54) is 41.5 Å². The van der Waals surface area contributed by atoms with Crippen molar-refractivity contribution >= 4 is 0 Å². The Labute approximate surface area is 127 Å². The van der Waals surface area contributed by atoms with Crippen molar-refractivity contribution in [3.63, 3.8) is 0 Å². The molecule has 21 heavy (non-hydrogen) atoms. The van der Waals surface area contributed by atoms with Crippen LogP contribution in [-0.4, -0.2) is 0 Å². The molecule has 0 aromatic heterocycles. The summed E-state index contributed by atoms with van der Waals surface area (Å²) in [6.07, 6.45) is 4.84. The molecule has 110 valence electrons. The molecule has 1 aliphatic rings. The lowest BCUT2D eigenvalue weighted by atomic mass is 9.78. The van der Waals surface area contributed by atoms with E-state index < -0.39 is 0 Å². The Bertz CT molecular complexity index is 606. The first-order valence-electron chi connectivity index (χ1n) is 7.89. The van der Waals surface area contributed by atoms with Gasteiger partial charge in [-0.25, -0.2) is 0 Å². The number of nitrogens with two attached hydrogens (primary N) is 1. The first kappa shape index (κ1) is 14.3. The standard InChI is InChI=1S/C19H24N2/c1-14-7-2-4-11-17(14)19(21-20)13-16-10-6-9-15-8-3-5-12-18(15)16/h2-5,7-8,11-12,16,19,21H,6,9-10,13,20H2,1H3. The number of aryl methyl sites for hydroxylation is 2. The number of rotatable bonds is 4. The number of hydrazine groups is 1. The van der Waals surface area contributed by atoms with Gasteiger partial charge in [0.05, 0.1) is 0 Å². The minimum absolute atomic E-state index is 0.224. The van der Waals surface area contributed by atoms with Crippen LogP contribution >= 0.6 is 0 Å². The highest BCUT2D eigenvalue weighted by atomic mass is 15.2. The molecule has 0 saturated carbocycles. The van der Waals surface area contributed by atoms with E-state index >= 15 is 0 Å². The van der Waals surface area contributed by atoms with Gasteiger partial charge in [0, 0.05) is 6.04 Å². The molecule has 3 N–H and O–H groups in total. The minimum Gasteiger partial charge on any atom is -0.271 e. The van der Waals surface area contributed by atoms with Gasteiger partial charge in [0.2, 0.25) is 0 Å². The fraction of sp³-hybridized carbons (Fsp3) is 0.368. The predicted molar refractivity (Wildman–Crippen MR) is 88.0 cm³/mol. The molecule has 0 radical (unpaired) electrons. The van der Waals surface area contributed by atoms with Crippen molar-refractivity contribution in [3.05, 3.63) is 70.8 Å². The minimum atomic E-state index is 0.224. The second-order valence-corrected chi connectivity index (χ2v) is 6.10. The number of hydrogen-bond acceptors (Lipinski definition) is 2. The van der Waals surface area contributed by atoms with Gasteiger partial charge in [-0.2, -0.15) is 0 Å². The van der Waals surface area contributed by atoms with Gasteiger partial charge in [0.15, 0.2) is 0 Å². The van der Waals surface area contributed by atoms with Crippen molar-refractivity contribution in [1.82, 2.24) is 5.43 Å². The third-order valence-electron chi connectivity index (χ3n) is 4.78. The summed E-state index contributed by atoms with van der Waals surface area (Å²) in [6.45, 7) is 2.16. The van der Waals surface area contributed by atoms with Gasteiger partial charge in [-0.1, -0.05) is 48.5 Å². The Morgan fingerprint density at radius 3 is 2.71 bits per heavy atom. The molecule has 0 amide bonds. The van der Waals surface area contributed by atoms with E-state index in [1.807, 2.05) is 0 Å². The quantitative estimate of drug-likeness (QED) is 0.656. The van der Waals surface area contributed by atoms with Gasteiger partial charge < -0.3 is 0 Å². The highest BCUT2D eigenvalue weighted by molar-refractivity contribution is 5.34. The van der Waals surface area contributed by atoms with Crippen molar-refractivity contribution in [1.29, 1.82) is 0 Å². The maximum absolute atomic E-state index is 5.86. The summed E-state index contributed by atoms with van der Waals surface area (Å²) in [6, 6.07) is 17.6. The van der Waals surface area contributed by atoms with Crippen LogP contribution in [0.3, 0.4) is 0 Å². The topological polar surface area (TPSA) is 38.0 Å². The SMILES string of the molecule is Cc1ccccc1C(CC1CCCc2ccccc21)NN. The van der Waals surface area contributed by atoms with Crippen molar-refractivity contribution in [2.75, 3.05) is 0 Å². The third-order valence-corrected chi connectivity index (χ3v) is 4.78. The summed E-state index contributed by atoms with van der Waals surface area (Å²) in [4.78, 5) is 0. The monoisotopic (exact) mass is 280 g/mol. The van der Waals surface area contributed by atoms with Crippen molar-refractivity contribution in [2.24, 2.45) is 5.84 Å². The van der Waals surface area contributed by atoms with E-state index in [1.54, 1.807) is 0 Å². The zero-order chi connectivity index (χ0) is 14.7. The van der Waals surface area contributed by atoms with Crippen LogP contribution in [0.15, 0.2) is 48.5 Å². The van der Waals surface area contributed by atoms with Crippen LogP contribution in [-0.2, 0) is 6.42 Å². The molecular weight excluding hydrogens is 256 g/mol. The lowest BCUT2D eigenvalue weighted by Crippen LogP contribution is -2.30. The number of hydrogen-bond donors (Lipinski definition) is 2. The molecular formula is C19H24N2. The van der Waals surface area contributed by atoms with Gasteiger partial charge in [-0.15, -0.1) is 0 Å². The van der Waals surface area contributed by atoms with Gasteiger partial charge in [0.25, 0.3) is 0 Å². The largest absolute Gasteiger partial charge is 0.271 e. The molecule has 2 heteroatoms. The molecule has 2 atom stereocenters. The molecule has 0 aliphatic heterocycles. The van der Waals surface area contributed by atoms with Crippen LogP contribution in [0.1, 0.15) is 53.5 Å². The highest BCUT2D eigenvalue weighted by Crippen LogP contribution is 2.37. The molecule has 2 nitrogen and oxygen atoms in total. The lowest BCUT2D eigenvalue weighted by Gasteiger charge is -2.29. The zero-order valence-corrected chi connectivity index (χ0v) is 12.7. The first-order chi connectivity index (χ1) is 10.3. The molecule has 2 aromatic carbocycles. The van der Waals surface area contributed by atoms with E-state index in [0.717, 1.165) is 6.42 Å². The fourth-order valence-electron chi connectivity index (χ4n) is 3.65. The zero-order valence-electron chi connectivity index (χ0n) is 12.7. The van der Waals surface area contributed by atoms with Gasteiger partial charge in [0.1, 0.15) is 0 Å². The van der Waals surface area contributed by atoms with Crippen LogP contribution in [0.2, 0.25) is 0 Å². The predicted octanol–water partition coefficient (Wildman–Crippen LogP) is 4.01. The molecule has 3 rings (SSSR count). The first-order valence-corrected chi connectivity index (χ1v) is 7.89. The molecule has 0 heterocycles. The molecule has 2 unspecified atom stereocenters. The van der Waals surface area contributed by atoms with Crippen LogP contribution in [0.25, 0.3) is 0 Å². The normalized spacial score (nSPS) is 19.0. The Hall–Kier alpha value is -1.64. The Morgan fingerprint density at radius 1 is 1.14 bits per heavy atom. The second kappa shape index (κ2) is 6.42. The van der Waals surface area contributed by atoms with E-state index in [-0.39, 0.29) is 6.04 Å². The molecule has 0 spiro atoms. The van der Waals surface area contributed by atoms with Crippen LogP contribution in [0, 0.1) is 6.92 Å². The van der Waals surface area contributed by atoms with Crippen LogP contribution in [0.5, 0.6) is 0 Å². The maximum atomic E-state index is 5.86. The summed E-state index contributed by atoms with van der Waals surface area (Å²) < 4.78 is 0. The maximum Gasteiger partial charge on any atom is 0.0468 e. The summed E-state index contributed by atoms with van der Waals surface area (Å²) in [5.74, 6) is 6.47. The molecule has 1 aliphatic carbocycles. The molecule has 0 bridgehead atoms. The van der Waals surface area contributed by atoms with Crippen molar-refractivity contribution in [2.45, 2.75) is 44.6 Å². The van der Waals surface area contributed by atoms with Crippen LogP contribution < -0.4 is 11.3 Å². The smallest absolute Gasteiger partial charge is 0.0468 e. The van der Waals surface area contributed by atoms with E-state index in [0.29, 0.717) is 5.92 Å². The average Bonchev–Trinajstić information content (AvgIpc) is 2.53. The second-order valence-electron chi connectivity index (χ2n) is 6.10. The third kappa shape index (κ3) is 3.02. The Kier molecular flexibility index (Phi) is 4.37.